The molecule has 3 rings (SSSR count). The maximum Gasteiger partial charge on any atom is 0.290 e. The summed E-state index contributed by atoms with van der Waals surface area (Å²) < 4.78 is 10.7. The highest BCUT2D eigenvalue weighted by molar-refractivity contribution is 8.18. The van der Waals surface area contributed by atoms with E-state index in [0.29, 0.717) is 16.4 Å². The molecule has 1 aliphatic heterocycles. The van der Waals surface area contributed by atoms with Gasteiger partial charge in [-0.15, -0.1) is 0 Å². The number of thioether (sulfide) groups is 1. The van der Waals surface area contributed by atoms with Gasteiger partial charge in [0, 0.05) is 12.4 Å². The van der Waals surface area contributed by atoms with Gasteiger partial charge in [-0.2, -0.15) is 0 Å². The summed E-state index contributed by atoms with van der Waals surface area (Å²) in [4.78, 5) is 27.6. The maximum absolute atomic E-state index is 11.8. The Morgan fingerprint density at radius 1 is 1.08 bits per heavy atom. The summed E-state index contributed by atoms with van der Waals surface area (Å²) >= 11 is 0.873. The second kappa shape index (κ2) is 6.76. The van der Waals surface area contributed by atoms with E-state index in [0.717, 1.165) is 28.5 Å². The molecular formula is C17H14N2O4S. The fraction of sp³-hybridized carbons (Fsp3) is 0.118. The van der Waals surface area contributed by atoms with Gasteiger partial charge in [0.2, 0.25) is 0 Å². The average molecular weight is 342 g/mol. The molecule has 0 aliphatic carbocycles. The number of aromatic nitrogens is 1. The van der Waals surface area contributed by atoms with Crippen LogP contribution in [-0.4, -0.2) is 30.3 Å². The van der Waals surface area contributed by atoms with Crippen molar-refractivity contribution < 1.29 is 19.1 Å². The minimum absolute atomic E-state index is 0.336. The highest BCUT2D eigenvalue weighted by Gasteiger charge is 2.25. The van der Waals surface area contributed by atoms with Crippen molar-refractivity contribution in [3.05, 3.63) is 47.1 Å². The number of nitrogens with zero attached hydrogens (tertiary/aromatic N) is 1. The van der Waals surface area contributed by atoms with Gasteiger partial charge < -0.3 is 9.47 Å². The van der Waals surface area contributed by atoms with Crippen molar-refractivity contribution in [1.82, 2.24) is 10.3 Å². The highest BCUT2D eigenvalue weighted by Crippen LogP contribution is 2.38. The molecule has 24 heavy (non-hydrogen) atoms. The number of imide groups is 1. The third-order valence-electron chi connectivity index (χ3n) is 3.48. The van der Waals surface area contributed by atoms with Crippen LogP contribution in [0.25, 0.3) is 17.2 Å². The molecule has 7 heteroatoms. The number of amides is 2. The van der Waals surface area contributed by atoms with Crippen LogP contribution in [0.3, 0.4) is 0 Å². The Kier molecular flexibility index (Phi) is 4.52. The number of pyridine rings is 1. The average Bonchev–Trinajstić information content (AvgIpc) is 2.92. The molecular weight excluding hydrogens is 328 g/mol. The SMILES string of the molecule is COc1cc(/C=C2\SC(=O)NC2=O)c(-c2ccncc2)cc1OC. The third-order valence-corrected chi connectivity index (χ3v) is 4.29. The Labute approximate surface area is 142 Å². The first kappa shape index (κ1) is 16.1. The molecule has 0 bridgehead atoms. The van der Waals surface area contributed by atoms with Gasteiger partial charge in [0.05, 0.1) is 19.1 Å². The fourth-order valence-corrected chi connectivity index (χ4v) is 3.03. The van der Waals surface area contributed by atoms with Crippen molar-refractivity contribution in [3.63, 3.8) is 0 Å². The smallest absolute Gasteiger partial charge is 0.290 e. The lowest BCUT2D eigenvalue weighted by molar-refractivity contribution is -0.115. The van der Waals surface area contributed by atoms with E-state index in [1.54, 1.807) is 38.8 Å². The summed E-state index contributed by atoms with van der Waals surface area (Å²) in [5.41, 5.74) is 2.49. The zero-order valence-corrected chi connectivity index (χ0v) is 13.8. The number of hydrogen-bond acceptors (Lipinski definition) is 6. The summed E-state index contributed by atoms with van der Waals surface area (Å²) in [6, 6.07) is 7.32. The van der Waals surface area contributed by atoms with Crippen molar-refractivity contribution in [2.24, 2.45) is 0 Å². The van der Waals surface area contributed by atoms with Gasteiger partial charge in [0.25, 0.3) is 11.1 Å². The Balaban J connectivity index is 2.18. The van der Waals surface area contributed by atoms with Crippen molar-refractivity contribution >= 4 is 29.0 Å². The second-order valence-corrected chi connectivity index (χ2v) is 5.90. The number of rotatable bonds is 4. The van der Waals surface area contributed by atoms with Gasteiger partial charge in [0.1, 0.15) is 0 Å². The predicted molar refractivity (Wildman–Crippen MR) is 91.9 cm³/mol. The molecule has 2 aromatic rings. The van der Waals surface area contributed by atoms with Crippen molar-refractivity contribution in [1.29, 1.82) is 0 Å². The number of nitrogens with one attached hydrogen (secondary N) is 1. The normalized spacial score (nSPS) is 15.5. The van der Waals surface area contributed by atoms with E-state index in [2.05, 4.69) is 10.3 Å². The summed E-state index contributed by atoms with van der Waals surface area (Å²) in [6.07, 6.45) is 5.04. The van der Waals surface area contributed by atoms with Crippen LogP contribution in [0.15, 0.2) is 41.6 Å². The van der Waals surface area contributed by atoms with Gasteiger partial charge in [-0.1, -0.05) is 0 Å². The van der Waals surface area contributed by atoms with E-state index in [1.807, 2.05) is 18.2 Å². The lowest BCUT2D eigenvalue weighted by Gasteiger charge is -2.13. The zero-order chi connectivity index (χ0) is 17.1. The maximum atomic E-state index is 11.8. The van der Waals surface area contributed by atoms with Crippen LogP contribution in [-0.2, 0) is 4.79 Å². The van der Waals surface area contributed by atoms with Gasteiger partial charge in [-0.25, -0.2) is 0 Å². The largest absolute Gasteiger partial charge is 0.493 e. The first-order chi connectivity index (χ1) is 11.6. The van der Waals surface area contributed by atoms with Crippen LogP contribution < -0.4 is 14.8 Å². The standard InChI is InChI=1S/C17H14N2O4S/c1-22-13-7-11(8-15-16(20)19-17(21)24-15)12(9-14(13)23-2)10-3-5-18-6-4-10/h3-9H,1-2H3,(H,19,20,21)/b15-8-. The topological polar surface area (TPSA) is 77.5 Å². The molecule has 2 amide bonds. The van der Waals surface area contributed by atoms with Crippen LogP contribution >= 0.6 is 11.8 Å². The van der Waals surface area contributed by atoms with Crippen LogP contribution in [0.4, 0.5) is 4.79 Å². The monoisotopic (exact) mass is 342 g/mol. The first-order valence-corrected chi connectivity index (χ1v) is 7.85. The first-order valence-electron chi connectivity index (χ1n) is 7.03. The van der Waals surface area contributed by atoms with E-state index in [9.17, 15) is 9.59 Å². The molecule has 2 heterocycles. The highest BCUT2D eigenvalue weighted by atomic mass is 32.2. The molecule has 1 saturated heterocycles. The van der Waals surface area contributed by atoms with Crippen molar-refractivity contribution in [2.75, 3.05) is 14.2 Å². The summed E-state index contributed by atoms with van der Waals surface area (Å²) in [6.45, 7) is 0. The van der Waals surface area contributed by atoms with Crippen LogP contribution in [0, 0.1) is 0 Å². The third kappa shape index (κ3) is 3.11. The lowest BCUT2D eigenvalue weighted by atomic mass is 9.99. The number of carbonyl (C=O) groups is 2. The summed E-state index contributed by atoms with van der Waals surface area (Å²) in [7, 11) is 3.10. The molecule has 6 nitrogen and oxygen atoms in total. The molecule has 0 saturated carbocycles. The predicted octanol–water partition coefficient (Wildman–Crippen LogP) is 3.09. The lowest BCUT2D eigenvalue weighted by Crippen LogP contribution is -2.17. The quantitative estimate of drug-likeness (QED) is 0.861. The van der Waals surface area contributed by atoms with Crippen LogP contribution in [0.2, 0.25) is 0 Å². The number of carbonyl (C=O) groups excluding carboxylic acids is 2. The van der Waals surface area contributed by atoms with E-state index in [4.69, 9.17) is 9.47 Å². The van der Waals surface area contributed by atoms with Gasteiger partial charge >= 0.3 is 0 Å². The van der Waals surface area contributed by atoms with Gasteiger partial charge in [-0.05, 0) is 58.8 Å². The minimum Gasteiger partial charge on any atom is -0.493 e. The van der Waals surface area contributed by atoms with Crippen LogP contribution in [0.5, 0.6) is 11.5 Å². The fourth-order valence-electron chi connectivity index (χ4n) is 2.36. The molecule has 1 aliphatic rings. The van der Waals surface area contributed by atoms with Gasteiger partial charge in [0.15, 0.2) is 11.5 Å². The number of benzene rings is 1. The molecule has 122 valence electrons. The van der Waals surface area contributed by atoms with E-state index < -0.39 is 5.91 Å². The van der Waals surface area contributed by atoms with Crippen LogP contribution in [0.1, 0.15) is 5.56 Å². The Morgan fingerprint density at radius 2 is 1.75 bits per heavy atom. The molecule has 1 aromatic heterocycles. The molecule has 0 atom stereocenters. The van der Waals surface area contributed by atoms with E-state index in [1.165, 1.54) is 0 Å². The van der Waals surface area contributed by atoms with Crippen molar-refractivity contribution in [2.45, 2.75) is 0 Å². The summed E-state index contributed by atoms with van der Waals surface area (Å²) in [5.74, 6) is 0.711. The number of ether oxygens (including phenoxy) is 2. The van der Waals surface area contributed by atoms with E-state index in [-0.39, 0.29) is 5.24 Å². The molecule has 1 aromatic carbocycles. The zero-order valence-electron chi connectivity index (χ0n) is 13.0. The minimum atomic E-state index is -0.402. The molecule has 1 N–H and O–H groups in total. The Bertz CT molecular complexity index is 834. The molecule has 0 radical (unpaired) electrons. The Hall–Kier alpha value is -2.80. The van der Waals surface area contributed by atoms with E-state index >= 15 is 0 Å². The van der Waals surface area contributed by atoms with Gasteiger partial charge in [-0.3, -0.25) is 19.9 Å². The summed E-state index contributed by atoms with van der Waals surface area (Å²) in [5, 5.41) is 1.87. The number of hydrogen-bond donors (Lipinski definition) is 1. The number of methoxy groups -OCH3 is 2. The molecule has 0 spiro atoms. The molecule has 1 fully saturated rings. The second-order valence-electron chi connectivity index (χ2n) is 4.88. The molecule has 0 unspecified atom stereocenters. The Morgan fingerprint density at radius 3 is 2.33 bits per heavy atom. The van der Waals surface area contributed by atoms with Crippen molar-refractivity contribution in [3.8, 4) is 22.6 Å².